The highest BCUT2D eigenvalue weighted by Crippen LogP contribution is 2.65. The maximum atomic E-state index is 13.0. The molecule has 2 aliphatic carbocycles. The fourth-order valence-electron chi connectivity index (χ4n) is 6.45. The minimum atomic E-state index is -0.396. The van der Waals surface area contributed by atoms with Gasteiger partial charge in [0.05, 0.1) is 31.5 Å². The van der Waals surface area contributed by atoms with E-state index in [4.69, 9.17) is 14.7 Å². The average molecular weight is 461 g/mol. The Labute approximate surface area is 198 Å². The van der Waals surface area contributed by atoms with Crippen LogP contribution in [0.1, 0.15) is 36.9 Å². The van der Waals surface area contributed by atoms with E-state index >= 15 is 0 Å². The SMILES string of the molecule is COc1ccc2c(c1)[C@]1(C[C@H]1C1CCC3C(C1)NNC3Nc1ccc(C#N)nc1OC)C(=O)N2. The van der Waals surface area contributed by atoms with E-state index in [9.17, 15) is 4.79 Å². The Hall–Kier alpha value is -3.35. The molecule has 4 unspecified atom stereocenters. The first-order valence-corrected chi connectivity index (χ1v) is 11.8. The smallest absolute Gasteiger partial charge is 0.238 e. The van der Waals surface area contributed by atoms with E-state index in [0.29, 0.717) is 35.4 Å². The highest BCUT2D eigenvalue weighted by molar-refractivity contribution is 6.09. The number of nitrogens with zero attached hydrogens (tertiary/aromatic N) is 2. The van der Waals surface area contributed by atoms with Crippen molar-refractivity contribution in [3.63, 3.8) is 0 Å². The quantitative estimate of drug-likeness (QED) is 0.537. The molecule has 4 aliphatic rings. The second kappa shape index (κ2) is 7.86. The standard InChI is InChI=1S/C25H28N6O3/c1-33-15-5-8-19-17(10-15)25(24(32)29-19)11-18(25)13-3-6-16-21(9-13)30-31-22(16)28-20-7-4-14(12-26)27-23(20)34-2/h4-5,7-8,10,13,16,18,21-22,28,30-31H,3,6,9,11H2,1-2H3,(H,29,32)/t13?,16?,18-,21?,22?,25-/m0/s1. The number of nitriles is 1. The number of rotatable bonds is 5. The summed E-state index contributed by atoms with van der Waals surface area (Å²) in [7, 11) is 3.22. The molecule has 9 nitrogen and oxygen atoms in total. The molecule has 0 radical (unpaired) electrons. The Bertz CT molecular complexity index is 1200. The van der Waals surface area contributed by atoms with Crippen molar-refractivity contribution in [1.29, 1.82) is 5.26 Å². The maximum absolute atomic E-state index is 13.0. The van der Waals surface area contributed by atoms with Gasteiger partial charge in [0.1, 0.15) is 17.5 Å². The van der Waals surface area contributed by atoms with Gasteiger partial charge < -0.3 is 20.1 Å². The molecule has 9 heteroatoms. The Morgan fingerprint density at radius 3 is 2.85 bits per heavy atom. The summed E-state index contributed by atoms with van der Waals surface area (Å²) < 4.78 is 10.8. The Morgan fingerprint density at radius 1 is 1.18 bits per heavy atom. The van der Waals surface area contributed by atoms with E-state index in [1.165, 1.54) is 0 Å². The van der Waals surface area contributed by atoms with Crippen LogP contribution in [0.15, 0.2) is 30.3 Å². The maximum Gasteiger partial charge on any atom is 0.238 e. The molecule has 3 heterocycles. The molecule has 34 heavy (non-hydrogen) atoms. The number of methoxy groups -OCH3 is 2. The van der Waals surface area contributed by atoms with E-state index in [1.54, 1.807) is 20.3 Å². The first-order chi connectivity index (χ1) is 16.6. The predicted molar refractivity (Wildman–Crippen MR) is 125 cm³/mol. The van der Waals surface area contributed by atoms with E-state index in [0.717, 1.165) is 48.4 Å². The first-order valence-electron chi connectivity index (χ1n) is 11.8. The van der Waals surface area contributed by atoms with Gasteiger partial charge in [-0.2, -0.15) is 5.26 Å². The van der Waals surface area contributed by atoms with Gasteiger partial charge in [0.2, 0.25) is 11.8 Å². The van der Waals surface area contributed by atoms with Gasteiger partial charge in [-0.3, -0.25) is 10.2 Å². The molecule has 0 bridgehead atoms. The van der Waals surface area contributed by atoms with Crippen molar-refractivity contribution in [3.05, 3.63) is 41.6 Å². The molecular formula is C25H28N6O3. The van der Waals surface area contributed by atoms with Crippen LogP contribution in [0.5, 0.6) is 11.6 Å². The minimum absolute atomic E-state index is 0.0301. The van der Waals surface area contributed by atoms with Crippen molar-refractivity contribution in [2.45, 2.75) is 43.3 Å². The van der Waals surface area contributed by atoms with E-state index in [-0.39, 0.29) is 12.1 Å². The summed E-state index contributed by atoms with van der Waals surface area (Å²) in [5, 5.41) is 15.7. The minimum Gasteiger partial charge on any atom is -0.497 e. The number of anilines is 2. The molecule has 3 fully saturated rings. The second-order valence-corrected chi connectivity index (χ2v) is 9.77. The molecule has 1 aromatic heterocycles. The van der Waals surface area contributed by atoms with Crippen molar-refractivity contribution in [1.82, 2.24) is 15.8 Å². The molecular weight excluding hydrogens is 432 g/mol. The van der Waals surface area contributed by atoms with Crippen molar-refractivity contribution < 1.29 is 14.3 Å². The summed E-state index contributed by atoms with van der Waals surface area (Å²) in [6.45, 7) is 0. The number of carbonyl (C=O) groups is 1. The fraction of sp³-hybridized carbons (Fsp3) is 0.480. The number of nitrogens with one attached hydrogen (secondary N) is 4. The number of ether oxygens (including phenoxy) is 2. The van der Waals surface area contributed by atoms with Gasteiger partial charge >= 0.3 is 0 Å². The summed E-state index contributed by atoms with van der Waals surface area (Å²) >= 11 is 0. The van der Waals surface area contributed by atoms with Crippen LogP contribution in [0.25, 0.3) is 0 Å². The predicted octanol–water partition coefficient (Wildman–Crippen LogP) is 2.51. The molecule has 2 aromatic rings. The normalized spacial score (nSPS) is 33.0. The molecule has 4 N–H and O–H groups in total. The Kier molecular flexibility index (Phi) is 4.90. The zero-order valence-electron chi connectivity index (χ0n) is 19.2. The number of hydrogen-bond donors (Lipinski definition) is 4. The molecule has 1 amide bonds. The summed E-state index contributed by atoms with van der Waals surface area (Å²) in [4.78, 5) is 17.3. The number of hydrazine groups is 1. The lowest BCUT2D eigenvalue weighted by atomic mass is 9.74. The molecule has 1 aromatic carbocycles. The van der Waals surface area contributed by atoms with Gasteiger partial charge in [0.15, 0.2) is 0 Å². The summed E-state index contributed by atoms with van der Waals surface area (Å²) in [5.41, 5.74) is 9.60. The van der Waals surface area contributed by atoms with E-state index in [2.05, 4.69) is 26.5 Å². The van der Waals surface area contributed by atoms with Crippen LogP contribution in [-0.4, -0.2) is 37.3 Å². The molecule has 2 saturated carbocycles. The zero-order chi connectivity index (χ0) is 23.4. The number of carbonyl (C=O) groups excluding carboxylic acids is 1. The highest BCUT2D eigenvalue weighted by atomic mass is 16.5. The van der Waals surface area contributed by atoms with Crippen LogP contribution < -0.4 is 31.0 Å². The van der Waals surface area contributed by atoms with E-state index < -0.39 is 5.41 Å². The zero-order valence-corrected chi connectivity index (χ0v) is 19.2. The van der Waals surface area contributed by atoms with Gasteiger partial charge in [-0.05, 0) is 73.4 Å². The fourth-order valence-corrected chi connectivity index (χ4v) is 6.45. The van der Waals surface area contributed by atoms with Crippen LogP contribution in [0, 0.1) is 29.1 Å². The van der Waals surface area contributed by atoms with E-state index in [1.807, 2.05) is 30.3 Å². The third-order valence-corrected chi connectivity index (χ3v) is 8.22. The lowest BCUT2D eigenvalue weighted by Crippen LogP contribution is -2.39. The summed E-state index contributed by atoms with van der Waals surface area (Å²) in [6, 6.07) is 11.8. The Balaban J connectivity index is 1.15. The molecule has 6 atom stereocenters. The molecule has 6 rings (SSSR count). The monoisotopic (exact) mass is 460 g/mol. The number of hydrogen-bond acceptors (Lipinski definition) is 8. The first kappa shape index (κ1) is 21.2. The molecule has 176 valence electrons. The number of pyridine rings is 1. The van der Waals surface area contributed by atoms with Crippen LogP contribution in [0.4, 0.5) is 11.4 Å². The average Bonchev–Trinajstić information content (AvgIpc) is 3.42. The van der Waals surface area contributed by atoms with Crippen molar-refractivity contribution in [2.75, 3.05) is 24.9 Å². The van der Waals surface area contributed by atoms with Crippen LogP contribution in [0.2, 0.25) is 0 Å². The van der Waals surface area contributed by atoms with Crippen LogP contribution in [-0.2, 0) is 10.2 Å². The largest absolute Gasteiger partial charge is 0.497 e. The molecule has 1 spiro atoms. The van der Waals surface area contributed by atoms with Crippen LogP contribution >= 0.6 is 0 Å². The number of amides is 1. The summed E-state index contributed by atoms with van der Waals surface area (Å²) in [5.74, 6) is 2.60. The van der Waals surface area contributed by atoms with Gasteiger partial charge in [0, 0.05) is 17.6 Å². The topological polar surface area (TPSA) is 120 Å². The second-order valence-electron chi connectivity index (χ2n) is 9.77. The lowest BCUT2D eigenvalue weighted by molar-refractivity contribution is -0.118. The van der Waals surface area contributed by atoms with Crippen molar-refractivity contribution in [2.24, 2.45) is 17.8 Å². The van der Waals surface area contributed by atoms with Crippen molar-refractivity contribution >= 4 is 17.3 Å². The molecule has 2 aliphatic heterocycles. The Morgan fingerprint density at radius 2 is 2.06 bits per heavy atom. The molecule has 1 saturated heterocycles. The van der Waals surface area contributed by atoms with Gasteiger partial charge in [0.25, 0.3) is 0 Å². The number of benzene rings is 1. The lowest BCUT2D eigenvalue weighted by Gasteiger charge is -2.34. The van der Waals surface area contributed by atoms with Crippen LogP contribution in [0.3, 0.4) is 0 Å². The van der Waals surface area contributed by atoms with Gasteiger partial charge in [-0.1, -0.05) is 0 Å². The highest BCUT2D eigenvalue weighted by Gasteiger charge is 2.67. The van der Waals surface area contributed by atoms with Gasteiger partial charge in [-0.15, -0.1) is 0 Å². The summed E-state index contributed by atoms with van der Waals surface area (Å²) in [6.07, 6.45) is 4.10. The van der Waals surface area contributed by atoms with Crippen molar-refractivity contribution in [3.8, 4) is 17.7 Å². The third kappa shape index (κ3) is 3.13. The van der Waals surface area contributed by atoms with Gasteiger partial charge in [-0.25, -0.2) is 10.4 Å². The third-order valence-electron chi connectivity index (χ3n) is 8.22. The number of fused-ring (bicyclic) bond motifs is 3. The number of aromatic nitrogens is 1.